The van der Waals surface area contributed by atoms with Crippen LogP contribution in [0.25, 0.3) is 0 Å². The molecule has 0 saturated heterocycles. The summed E-state index contributed by atoms with van der Waals surface area (Å²) >= 11 is 3.29. The highest BCUT2D eigenvalue weighted by Gasteiger charge is 2.03. The topological polar surface area (TPSA) is 59.1 Å². The van der Waals surface area contributed by atoms with Crippen LogP contribution in [0.2, 0.25) is 0 Å². The number of benzene rings is 1. The molecule has 0 aliphatic carbocycles. The van der Waals surface area contributed by atoms with Gasteiger partial charge in [-0.15, -0.1) is 0 Å². The van der Waals surface area contributed by atoms with Crippen molar-refractivity contribution in [3.05, 3.63) is 71.0 Å². The maximum absolute atomic E-state index is 11.8. The summed E-state index contributed by atoms with van der Waals surface area (Å²) in [4.78, 5) is 27.3. The fourth-order valence-electron chi connectivity index (χ4n) is 1.48. The lowest BCUT2D eigenvalue weighted by Gasteiger charge is -2.00. The molecule has 1 aromatic carbocycles. The highest BCUT2D eigenvalue weighted by atomic mass is 79.9. The molecular formula is C15H11BrN2O2. The van der Waals surface area contributed by atoms with Crippen LogP contribution in [0, 0.1) is 0 Å². The second kappa shape index (κ2) is 6.77. The van der Waals surface area contributed by atoms with Gasteiger partial charge in [0.15, 0.2) is 5.78 Å². The van der Waals surface area contributed by atoms with Crippen LogP contribution >= 0.6 is 15.9 Å². The zero-order valence-electron chi connectivity index (χ0n) is 10.4. The van der Waals surface area contributed by atoms with Gasteiger partial charge >= 0.3 is 0 Å². The maximum Gasteiger partial charge on any atom is 0.248 e. The first-order valence-corrected chi connectivity index (χ1v) is 6.63. The number of nitrogens with zero attached hydrogens (tertiary/aromatic N) is 1. The van der Waals surface area contributed by atoms with Gasteiger partial charge < -0.3 is 5.32 Å². The van der Waals surface area contributed by atoms with E-state index in [-0.39, 0.29) is 11.7 Å². The van der Waals surface area contributed by atoms with E-state index in [1.165, 1.54) is 18.3 Å². The molecule has 0 aliphatic heterocycles. The highest BCUT2D eigenvalue weighted by Crippen LogP contribution is 2.11. The van der Waals surface area contributed by atoms with Crippen molar-refractivity contribution in [3.8, 4) is 0 Å². The van der Waals surface area contributed by atoms with Crippen LogP contribution in [0.15, 0.2) is 65.4 Å². The number of ketones is 1. The largest absolute Gasteiger partial charge is 0.321 e. The summed E-state index contributed by atoms with van der Waals surface area (Å²) in [5.74, 6) is -0.595. The van der Waals surface area contributed by atoms with Gasteiger partial charge in [0.25, 0.3) is 0 Å². The molecule has 0 atom stereocenters. The predicted molar refractivity (Wildman–Crippen MR) is 80.5 cm³/mol. The minimum absolute atomic E-state index is 0.223. The van der Waals surface area contributed by atoms with Gasteiger partial charge in [-0.25, -0.2) is 0 Å². The van der Waals surface area contributed by atoms with Gasteiger partial charge in [-0.05, 0) is 42.5 Å². The summed E-state index contributed by atoms with van der Waals surface area (Å²) < 4.78 is 0.896. The number of allylic oxidation sites excluding steroid dienone is 1. The maximum atomic E-state index is 11.8. The monoisotopic (exact) mass is 330 g/mol. The fourth-order valence-corrected chi connectivity index (χ4v) is 1.75. The third-order valence-corrected chi connectivity index (χ3v) is 2.97. The normalized spacial score (nSPS) is 10.4. The minimum Gasteiger partial charge on any atom is -0.321 e. The summed E-state index contributed by atoms with van der Waals surface area (Å²) in [6.07, 6.45) is 5.59. The number of carbonyl (C=O) groups excluding carboxylic acids is 2. The average Bonchev–Trinajstić information content (AvgIpc) is 2.46. The molecular weight excluding hydrogens is 320 g/mol. The van der Waals surface area contributed by atoms with Gasteiger partial charge in [0, 0.05) is 22.3 Å². The minimum atomic E-state index is -0.372. The molecule has 0 bridgehead atoms. The quantitative estimate of drug-likeness (QED) is 0.691. The SMILES string of the molecule is O=C(/C=C/C(=O)c1ccc(Br)cc1)Nc1cccnc1. The Morgan fingerprint density at radius 1 is 1.10 bits per heavy atom. The Labute approximate surface area is 124 Å². The van der Waals surface area contributed by atoms with E-state index in [1.807, 2.05) is 0 Å². The Morgan fingerprint density at radius 2 is 1.85 bits per heavy atom. The highest BCUT2D eigenvalue weighted by molar-refractivity contribution is 9.10. The third kappa shape index (κ3) is 4.13. The lowest BCUT2D eigenvalue weighted by molar-refractivity contribution is -0.111. The molecule has 1 amide bonds. The summed E-state index contributed by atoms with van der Waals surface area (Å²) in [6, 6.07) is 10.4. The molecule has 20 heavy (non-hydrogen) atoms. The molecule has 2 rings (SSSR count). The molecule has 2 aromatic rings. The number of aromatic nitrogens is 1. The van der Waals surface area contributed by atoms with Crippen molar-refractivity contribution in [1.82, 2.24) is 4.98 Å². The molecule has 4 nitrogen and oxygen atoms in total. The summed E-state index contributed by atoms with van der Waals surface area (Å²) in [7, 11) is 0. The van der Waals surface area contributed by atoms with Gasteiger partial charge in [0.2, 0.25) is 5.91 Å². The van der Waals surface area contributed by atoms with E-state index >= 15 is 0 Å². The first kappa shape index (κ1) is 14.1. The van der Waals surface area contributed by atoms with Crippen molar-refractivity contribution in [1.29, 1.82) is 0 Å². The second-order valence-electron chi connectivity index (χ2n) is 3.94. The predicted octanol–water partition coefficient (Wildman–Crippen LogP) is 3.22. The van der Waals surface area contributed by atoms with Gasteiger partial charge in [-0.1, -0.05) is 15.9 Å². The Hall–Kier alpha value is -2.27. The third-order valence-electron chi connectivity index (χ3n) is 2.44. The van der Waals surface area contributed by atoms with Crippen LogP contribution in [-0.4, -0.2) is 16.7 Å². The van der Waals surface area contributed by atoms with Crippen LogP contribution in [-0.2, 0) is 4.79 Å². The molecule has 100 valence electrons. The van der Waals surface area contributed by atoms with E-state index in [0.717, 1.165) is 4.47 Å². The van der Waals surface area contributed by atoms with Gasteiger partial charge in [-0.2, -0.15) is 0 Å². The summed E-state index contributed by atoms with van der Waals surface area (Å²) in [5.41, 5.74) is 1.11. The van der Waals surface area contributed by atoms with Crippen LogP contribution in [0.1, 0.15) is 10.4 Å². The van der Waals surface area contributed by atoms with Gasteiger partial charge in [0.05, 0.1) is 11.9 Å². The number of hydrogen-bond donors (Lipinski definition) is 1. The molecule has 0 aliphatic rings. The first-order valence-electron chi connectivity index (χ1n) is 5.84. The zero-order chi connectivity index (χ0) is 14.4. The number of nitrogens with one attached hydrogen (secondary N) is 1. The Balaban J connectivity index is 1.97. The zero-order valence-corrected chi connectivity index (χ0v) is 12.0. The molecule has 0 radical (unpaired) electrons. The number of rotatable bonds is 4. The van der Waals surface area contributed by atoms with E-state index in [1.54, 1.807) is 42.6 Å². The average molecular weight is 331 g/mol. The molecule has 0 spiro atoms. The molecule has 0 unspecified atom stereocenters. The van der Waals surface area contributed by atoms with E-state index in [0.29, 0.717) is 11.3 Å². The van der Waals surface area contributed by atoms with Gasteiger partial charge in [-0.3, -0.25) is 14.6 Å². The molecule has 0 saturated carbocycles. The molecule has 0 fully saturated rings. The van der Waals surface area contributed by atoms with Crippen LogP contribution in [0.5, 0.6) is 0 Å². The number of halogens is 1. The van der Waals surface area contributed by atoms with Crippen LogP contribution in [0.3, 0.4) is 0 Å². The Bertz CT molecular complexity index is 637. The summed E-state index contributed by atoms with van der Waals surface area (Å²) in [6.45, 7) is 0. The molecule has 1 N–H and O–H groups in total. The second-order valence-corrected chi connectivity index (χ2v) is 4.85. The molecule has 5 heteroatoms. The van der Waals surface area contributed by atoms with Crippen molar-refractivity contribution in [2.75, 3.05) is 5.32 Å². The van der Waals surface area contributed by atoms with Crippen molar-refractivity contribution >= 4 is 33.3 Å². The van der Waals surface area contributed by atoms with E-state index in [4.69, 9.17) is 0 Å². The lowest BCUT2D eigenvalue weighted by atomic mass is 10.1. The molecule has 1 heterocycles. The number of pyridine rings is 1. The van der Waals surface area contributed by atoms with Crippen molar-refractivity contribution < 1.29 is 9.59 Å². The lowest BCUT2D eigenvalue weighted by Crippen LogP contribution is -2.08. The number of hydrogen-bond acceptors (Lipinski definition) is 3. The van der Waals surface area contributed by atoms with Crippen molar-refractivity contribution in [2.24, 2.45) is 0 Å². The molecule has 1 aromatic heterocycles. The summed E-state index contributed by atoms with van der Waals surface area (Å²) in [5, 5.41) is 2.61. The van der Waals surface area contributed by atoms with Crippen molar-refractivity contribution in [3.63, 3.8) is 0 Å². The van der Waals surface area contributed by atoms with Gasteiger partial charge in [0.1, 0.15) is 0 Å². The smallest absolute Gasteiger partial charge is 0.248 e. The number of anilines is 1. The van der Waals surface area contributed by atoms with E-state index in [2.05, 4.69) is 26.2 Å². The van der Waals surface area contributed by atoms with Crippen LogP contribution < -0.4 is 5.32 Å². The van der Waals surface area contributed by atoms with E-state index in [9.17, 15) is 9.59 Å². The Kier molecular flexibility index (Phi) is 4.79. The first-order chi connectivity index (χ1) is 9.65. The standard InChI is InChI=1S/C15H11BrN2O2/c16-12-5-3-11(4-6-12)14(19)7-8-15(20)18-13-2-1-9-17-10-13/h1-10H,(H,18,20)/b8-7+. The number of carbonyl (C=O) groups is 2. The van der Waals surface area contributed by atoms with Crippen LogP contribution in [0.4, 0.5) is 5.69 Å². The Morgan fingerprint density at radius 3 is 2.50 bits per heavy atom. The van der Waals surface area contributed by atoms with E-state index < -0.39 is 0 Å². The number of amides is 1. The van der Waals surface area contributed by atoms with Crippen molar-refractivity contribution in [2.45, 2.75) is 0 Å². The fraction of sp³-hybridized carbons (Fsp3) is 0.